The van der Waals surface area contributed by atoms with Crippen molar-refractivity contribution in [2.75, 3.05) is 7.11 Å². The van der Waals surface area contributed by atoms with E-state index in [0.717, 1.165) is 22.6 Å². The van der Waals surface area contributed by atoms with Crippen LogP contribution in [0.15, 0.2) is 30.6 Å². The van der Waals surface area contributed by atoms with Gasteiger partial charge in [0, 0.05) is 11.6 Å². The van der Waals surface area contributed by atoms with Gasteiger partial charge in [0.2, 0.25) is 0 Å². The summed E-state index contributed by atoms with van der Waals surface area (Å²) < 4.78 is 5.29. The van der Waals surface area contributed by atoms with Gasteiger partial charge in [0.15, 0.2) is 0 Å². The molecular weight excluding hydrogens is 224 g/mol. The van der Waals surface area contributed by atoms with E-state index in [2.05, 4.69) is 9.97 Å². The minimum atomic E-state index is 0.425. The van der Waals surface area contributed by atoms with Gasteiger partial charge in [-0.2, -0.15) is 0 Å². The van der Waals surface area contributed by atoms with Gasteiger partial charge in [0.25, 0.3) is 0 Å². The molecule has 0 aliphatic carbocycles. The quantitative estimate of drug-likeness (QED) is 0.749. The summed E-state index contributed by atoms with van der Waals surface area (Å²) in [5.74, 6) is 0.778. The molecule has 2 rings (SSSR count). The first-order chi connectivity index (χ1) is 7.70. The Hall–Kier alpha value is -1.61. The zero-order chi connectivity index (χ0) is 11.5. The van der Waals surface area contributed by atoms with E-state index in [1.165, 1.54) is 6.33 Å². The maximum Gasteiger partial charge on any atom is 0.133 e. The molecule has 0 aliphatic heterocycles. The fraction of sp³-hybridized carbons (Fsp3) is 0.167. The number of hydrogen-bond donors (Lipinski definition) is 0. The van der Waals surface area contributed by atoms with Gasteiger partial charge in [0.05, 0.1) is 12.8 Å². The molecule has 0 aliphatic rings. The van der Waals surface area contributed by atoms with Crippen LogP contribution >= 0.6 is 11.6 Å². The molecule has 0 amide bonds. The highest BCUT2D eigenvalue weighted by atomic mass is 35.5. The topological polar surface area (TPSA) is 35.0 Å². The molecule has 1 aromatic heterocycles. The number of nitrogens with zero attached hydrogens (tertiary/aromatic N) is 2. The first-order valence-corrected chi connectivity index (χ1v) is 5.21. The Morgan fingerprint density at radius 1 is 1.19 bits per heavy atom. The third-order valence-corrected chi connectivity index (χ3v) is 2.47. The lowest BCUT2D eigenvalue weighted by atomic mass is 10.1. The summed E-state index contributed by atoms with van der Waals surface area (Å²) >= 11 is 5.84. The monoisotopic (exact) mass is 234 g/mol. The number of halogens is 1. The number of aryl methyl sites for hydroxylation is 1. The van der Waals surface area contributed by atoms with Gasteiger partial charge in [-0.15, -0.1) is 0 Å². The van der Waals surface area contributed by atoms with E-state index in [-0.39, 0.29) is 0 Å². The Labute approximate surface area is 99.1 Å². The van der Waals surface area contributed by atoms with E-state index >= 15 is 0 Å². The van der Waals surface area contributed by atoms with Crippen molar-refractivity contribution in [3.05, 3.63) is 41.3 Å². The first kappa shape index (κ1) is 10.9. The van der Waals surface area contributed by atoms with Crippen molar-refractivity contribution in [3.8, 4) is 17.0 Å². The summed E-state index contributed by atoms with van der Waals surface area (Å²) in [5, 5.41) is 0.425. The molecule has 0 atom stereocenters. The van der Waals surface area contributed by atoms with Crippen molar-refractivity contribution in [1.82, 2.24) is 9.97 Å². The Morgan fingerprint density at radius 2 is 2.00 bits per heavy atom. The minimum Gasteiger partial charge on any atom is -0.496 e. The lowest BCUT2D eigenvalue weighted by Gasteiger charge is -2.08. The highest BCUT2D eigenvalue weighted by molar-refractivity contribution is 6.29. The molecule has 0 unspecified atom stereocenters. The molecule has 1 heterocycles. The van der Waals surface area contributed by atoms with Crippen molar-refractivity contribution in [2.45, 2.75) is 6.92 Å². The van der Waals surface area contributed by atoms with Gasteiger partial charge >= 0.3 is 0 Å². The van der Waals surface area contributed by atoms with Crippen LogP contribution in [0.25, 0.3) is 11.3 Å². The molecule has 3 nitrogen and oxygen atoms in total. The van der Waals surface area contributed by atoms with Crippen LogP contribution in [0, 0.1) is 6.92 Å². The second-order valence-corrected chi connectivity index (χ2v) is 3.82. The Balaban J connectivity index is 2.58. The largest absolute Gasteiger partial charge is 0.496 e. The summed E-state index contributed by atoms with van der Waals surface area (Å²) in [6, 6.07) is 7.64. The number of benzene rings is 1. The summed E-state index contributed by atoms with van der Waals surface area (Å²) in [4.78, 5) is 8.04. The second kappa shape index (κ2) is 4.49. The predicted molar refractivity (Wildman–Crippen MR) is 63.8 cm³/mol. The van der Waals surface area contributed by atoms with E-state index in [1.54, 1.807) is 13.2 Å². The van der Waals surface area contributed by atoms with Crippen LogP contribution in [0.2, 0.25) is 5.15 Å². The normalized spacial score (nSPS) is 10.2. The SMILES string of the molecule is COc1ccc(C)cc1-c1cc(Cl)ncn1. The third-order valence-electron chi connectivity index (χ3n) is 2.26. The molecular formula is C12H11ClN2O. The molecule has 0 bridgehead atoms. The van der Waals surface area contributed by atoms with E-state index < -0.39 is 0 Å². The molecule has 0 saturated carbocycles. The van der Waals surface area contributed by atoms with Crippen molar-refractivity contribution in [1.29, 1.82) is 0 Å². The maximum atomic E-state index is 5.84. The Kier molecular flexibility index (Phi) is 3.06. The van der Waals surface area contributed by atoms with E-state index in [9.17, 15) is 0 Å². The summed E-state index contributed by atoms with van der Waals surface area (Å²) in [6.45, 7) is 2.02. The Bertz CT molecular complexity index is 514. The highest BCUT2D eigenvalue weighted by Crippen LogP contribution is 2.29. The zero-order valence-electron chi connectivity index (χ0n) is 9.07. The smallest absolute Gasteiger partial charge is 0.133 e. The van der Waals surface area contributed by atoms with E-state index in [1.807, 2.05) is 25.1 Å². The van der Waals surface area contributed by atoms with Crippen LogP contribution in [0.4, 0.5) is 0 Å². The van der Waals surface area contributed by atoms with Gasteiger partial charge in [-0.05, 0) is 19.1 Å². The van der Waals surface area contributed by atoms with Crippen molar-refractivity contribution >= 4 is 11.6 Å². The van der Waals surface area contributed by atoms with Gasteiger partial charge in [-0.3, -0.25) is 0 Å². The minimum absolute atomic E-state index is 0.425. The summed E-state index contributed by atoms with van der Waals surface area (Å²) in [5.41, 5.74) is 2.83. The molecule has 0 N–H and O–H groups in total. The van der Waals surface area contributed by atoms with Gasteiger partial charge < -0.3 is 4.74 Å². The van der Waals surface area contributed by atoms with E-state index in [0.29, 0.717) is 5.15 Å². The molecule has 0 fully saturated rings. The van der Waals surface area contributed by atoms with Crippen molar-refractivity contribution in [3.63, 3.8) is 0 Å². The van der Waals surface area contributed by atoms with Gasteiger partial charge in [-0.1, -0.05) is 23.2 Å². The van der Waals surface area contributed by atoms with Crippen LogP contribution in [-0.4, -0.2) is 17.1 Å². The second-order valence-electron chi connectivity index (χ2n) is 3.43. The van der Waals surface area contributed by atoms with Crippen molar-refractivity contribution < 1.29 is 4.74 Å². The molecule has 1 aromatic carbocycles. The number of aromatic nitrogens is 2. The number of ether oxygens (including phenoxy) is 1. The van der Waals surface area contributed by atoms with Gasteiger partial charge in [0.1, 0.15) is 17.2 Å². The predicted octanol–water partition coefficient (Wildman–Crippen LogP) is 3.11. The third kappa shape index (κ3) is 2.14. The standard InChI is InChI=1S/C12H11ClN2O/c1-8-3-4-11(16-2)9(5-8)10-6-12(13)15-7-14-10/h3-7H,1-2H3. The zero-order valence-corrected chi connectivity index (χ0v) is 9.82. The molecule has 16 heavy (non-hydrogen) atoms. The van der Waals surface area contributed by atoms with Crippen molar-refractivity contribution in [2.24, 2.45) is 0 Å². The van der Waals surface area contributed by atoms with Crippen LogP contribution in [-0.2, 0) is 0 Å². The molecule has 82 valence electrons. The van der Waals surface area contributed by atoms with Crippen LogP contribution in [0.1, 0.15) is 5.56 Å². The fourth-order valence-electron chi connectivity index (χ4n) is 1.50. The highest BCUT2D eigenvalue weighted by Gasteiger charge is 2.07. The number of hydrogen-bond acceptors (Lipinski definition) is 3. The molecule has 2 aromatic rings. The van der Waals surface area contributed by atoms with Gasteiger partial charge in [-0.25, -0.2) is 9.97 Å². The number of methoxy groups -OCH3 is 1. The average molecular weight is 235 g/mol. The van der Waals surface area contributed by atoms with E-state index in [4.69, 9.17) is 16.3 Å². The maximum absolute atomic E-state index is 5.84. The van der Waals surface area contributed by atoms with Crippen LogP contribution in [0.5, 0.6) is 5.75 Å². The fourth-order valence-corrected chi connectivity index (χ4v) is 1.65. The first-order valence-electron chi connectivity index (χ1n) is 4.83. The molecule has 0 radical (unpaired) electrons. The Morgan fingerprint density at radius 3 is 2.69 bits per heavy atom. The lowest BCUT2D eigenvalue weighted by Crippen LogP contribution is -1.91. The van der Waals surface area contributed by atoms with Crippen LogP contribution < -0.4 is 4.74 Å². The number of rotatable bonds is 2. The summed E-state index contributed by atoms with van der Waals surface area (Å²) in [7, 11) is 1.64. The average Bonchev–Trinajstić information content (AvgIpc) is 2.29. The lowest BCUT2D eigenvalue weighted by molar-refractivity contribution is 0.416. The molecule has 0 saturated heterocycles. The van der Waals surface area contributed by atoms with Crippen LogP contribution in [0.3, 0.4) is 0 Å². The molecule has 4 heteroatoms. The summed E-state index contributed by atoms with van der Waals surface area (Å²) in [6.07, 6.45) is 1.44. The molecule has 0 spiro atoms.